The zero-order valence-corrected chi connectivity index (χ0v) is 16.6. The molecular formula is C24H18N2O2S. The van der Waals surface area contributed by atoms with Crippen molar-refractivity contribution in [2.45, 2.75) is 13.5 Å². The summed E-state index contributed by atoms with van der Waals surface area (Å²) in [5, 5.41) is 7.85. The van der Waals surface area contributed by atoms with Gasteiger partial charge >= 0.3 is 5.97 Å². The number of carbonyl (C=O) groups excluding carboxylic acids is 1. The summed E-state index contributed by atoms with van der Waals surface area (Å²) in [5.74, 6) is -0.307. The molecule has 0 bridgehead atoms. The van der Waals surface area contributed by atoms with Gasteiger partial charge in [0.2, 0.25) is 0 Å². The van der Waals surface area contributed by atoms with Crippen LogP contribution in [-0.4, -0.2) is 15.7 Å². The highest BCUT2D eigenvalue weighted by molar-refractivity contribution is 7.20. The molecule has 4 nitrogen and oxygen atoms in total. The molecule has 142 valence electrons. The minimum Gasteiger partial charge on any atom is -0.457 e. The van der Waals surface area contributed by atoms with Crippen molar-refractivity contribution in [2.75, 3.05) is 0 Å². The van der Waals surface area contributed by atoms with E-state index in [0.29, 0.717) is 4.88 Å². The van der Waals surface area contributed by atoms with Crippen molar-refractivity contribution in [2.24, 2.45) is 0 Å². The Hall–Kier alpha value is -3.44. The molecule has 2 heterocycles. The third-order valence-electron chi connectivity index (χ3n) is 4.99. The fourth-order valence-electron chi connectivity index (χ4n) is 3.52. The smallest absolute Gasteiger partial charge is 0.348 e. The molecule has 0 atom stereocenters. The number of aryl methyl sites for hydroxylation is 1. The summed E-state index contributed by atoms with van der Waals surface area (Å²) in [7, 11) is 0. The maximum atomic E-state index is 12.7. The van der Waals surface area contributed by atoms with Gasteiger partial charge in [-0.25, -0.2) is 9.48 Å². The lowest BCUT2D eigenvalue weighted by Gasteiger charge is -2.07. The SMILES string of the molecule is Cc1nn(-c2ccccc2)c2sc(C(=O)OCc3cccc4ccccc34)cc12. The summed E-state index contributed by atoms with van der Waals surface area (Å²) < 4.78 is 7.53. The summed E-state index contributed by atoms with van der Waals surface area (Å²) in [4.78, 5) is 14.3. The number of hydrogen-bond donors (Lipinski definition) is 0. The van der Waals surface area contributed by atoms with E-state index >= 15 is 0 Å². The van der Waals surface area contributed by atoms with Gasteiger partial charge < -0.3 is 4.74 Å². The maximum absolute atomic E-state index is 12.7. The van der Waals surface area contributed by atoms with Crippen molar-refractivity contribution in [1.82, 2.24) is 9.78 Å². The van der Waals surface area contributed by atoms with Crippen LogP contribution < -0.4 is 0 Å². The van der Waals surface area contributed by atoms with Crippen molar-refractivity contribution in [3.05, 3.63) is 95.0 Å². The molecular weight excluding hydrogens is 380 g/mol. The minimum absolute atomic E-state index is 0.248. The molecule has 0 aliphatic rings. The highest BCUT2D eigenvalue weighted by Crippen LogP contribution is 2.31. The molecule has 0 amide bonds. The quantitative estimate of drug-likeness (QED) is 0.354. The molecule has 29 heavy (non-hydrogen) atoms. The third-order valence-corrected chi connectivity index (χ3v) is 6.08. The average molecular weight is 398 g/mol. The summed E-state index contributed by atoms with van der Waals surface area (Å²) in [6.07, 6.45) is 0. The number of thiophene rings is 1. The van der Waals surface area contributed by atoms with Gasteiger partial charge in [0.1, 0.15) is 16.3 Å². The molecule has 0 saturated heterocycles. The number of para-hydroxylation sites is 1. The number of esters is 1. The lowest BCUT2D eigenvalue weighted by molar-refractivity contribution is 0.0480. The standard InChI is InChI=1S/C24H18N2O2S/c1-16-21-14-22(29-23(21)26(25-16)19-11-3-2-4-12-19)24(27)28-15-18-10-7-9-17-8-5-6-13-20(17)18/h2-14H,15H2,1H3. The number of fused-ring (bicyclic) bond motifs is 2. The summed E-state index contributed by atoms with van der Waals surface area (Å²) in [6.45, 7) is 2.21. The number of hydrogen-bond acceptors (Lipinski definition) is 4. The Labute approximate surface area is 172 Å². The van der Waals surface area contributed by atoms with Crippen LogP contribution in [0.15, 0.2) is 78.9 Å². The normalized spacial score (nSPS) is 11.2. The second-order valence-corrected chi connectivity index (χ2v) is 7.91. The predicted octanol–water partition coefficient (Wildman–Crippen LogP) is 5.91. The van der Waals surface area contributed by atoms with Gasteiger partial charge in [-0.2, -0.15) is 5.10 Å². The first-order valence-electron chi connectivity index (χ1n) is 9.39. The monoisotopic (exact) mass is 398 g/mol. The number of nitrogens with zero attached hydrogens (tertiary/aromatic N) is 2. The molecule has 0 aliphatic heterocycles. The molecule has 5 rings (SSSR count). The van der Waals surface area contributed by atoms with E-state index in [4.69, 9.17) is 4.74 Å². The van der Waals surface area contributed by atoms with Crippen molar-refractivity contribution in [3.8, 4) is 5.69 Å². The fourth-order valence-corrected chi connectivity index (χ4v) is 4.60. The predicted molar refractivity (Wildman–Crippen MR) is 117 cm³/mol. The van der Waals surface area contributed by atoms with Gasteiger partial charge in [-0.1, -0.05) is 60.7 Å². The number of carbonyl (C=O) groups is 1. The van der Waals surface area contributed by atoms with E-state index in [1.807, 2.05) is 72.3 Å². The summed E-state index contributed by atoms with van der Waals surface area (Å²) in [5.41, 5.74) is 2.88. The third kappa shape index (κ3) is 3.19. The first kappa shape index (κ1) is 17.6. The van der Waals surface area contributed by atoms with Crippen LogP contribution in [0, 0.1) is 6.92 Å². The van der Waals surface area contributed by atoms with Crippen LogP contribution in [0.1, 0.15) is 20.9 Å². The van der Waals surface area contributed by atoms with Gasteiger partial charge in [0, 0.05) is 5.39 Å². The maximum Gasteiger partial charge on any atom is 0.348 e. The Morgan fingerprint density at radius 3 is 2.59 bits per heavy atom. The molecule has 0 aliphatic carbocycles. The first-order chi connectivity index (χ1) is 14.2. The topological polar surface area (TPSA) is 44.1 Å². The zero-order valence-electron chi connectivity index (χ0n) is 15.8. The molecule has 0 radical (unpaired) electrons. The van der Waals surface area contributed by atoms with Crippen LogP contribution in [0.25, 0.3) is 26.7 Å². The second-order valence-electron chi connectivity index (χ2n) is 6.88. The molecule has 0 spiro atoms. The van der Waals surface area contributed by atoms with E-state index in [-0.39, 0.29) is 12.6 Å². The number of ether oxygens (including phenoxy) is 1. The van der Waals surface area contributed by atoms with Gasteiger partial charge in [0.25, 0.3) is 0 Å². The number of benzene rings is 3. The van der Waals surface area contributed by atoms with Crippen LogP contribution in [0.2, 0.25) is 0 Å². The largest absolute Gasteiger partial charge is 0.457 e. The van der Waals surface area contributed by atoms with Gasteiger partial charge in [0.15, 0.2) is 0 Å². The summed E-state index contributed by atoms with van der Waals surface area (Å²) >= 11 is 1.41. The lowest BCUT2D eigenvalue weighted by atomic mass is 10.1. The molecule has 0 fully saturated rings. The molecule has 3 aromatic carbocycles. The van der Waals surface area contributed by atoms with Crippen molar-refractivity contribution in [1.29, 1.82) is 0 Å². The molecule has 0 saturated carbocycles. The molecule has 5 heteroatoms. The minimum atomic E-state index is -0.307. The average Bonchev–Trinajstić information content (AvgIpc) is 3.33. The van der Waals surface area contributed by atoms with E-state index in [1.54, 1.807) is 0 Å². The second kappa shape index (κ2) is 7.18. The van der Waals surface area contributed by atoms with E-state index in [9.17, 15) is 4.79 Å². The molecule has 5 aromatic rings. The Morgan fingerprint density at radius 2 is 1.72 bits per heavy atom. The van der Waals surface area contributed by atoms with Crippen LogP contribution in [-0.2, 0) is 11.3 Å². The van der Waals surface area contributed by atoms with Crippen molar-refractivity contribution >= 4 is 38.3 Å². The highest BCUT2D eigenvalue weighted by atomic mass is 32.1. The van der Waals surface area contributed by atoms with Crippen LogP contribution in [0.4, 0.5) is 0 Å². The van der Waals surface area contributed by atoms with Crippen molar-refractivity contribution < 1.29 is 9.53 Å². The molecule has 2 aromatic heterocycles. The fraction of sp³-hybridized carbons (Fsp3) is 0.0833. The summed E-state index contributed by atoms with van der Waals surface area (Å²) in [6, 6.07) is 26.0. The number of aromatic nitrogens is 2. The van der Waals surface area contributed by atoms with Crippen LogP contribution in [0.3, 0.4) is 0 Å². The molecule has 0 unspecified atom stereocenters. The Bertz CT molecular complexity index is 1330. The Balaban J connectivity index is 1.43. The van der Waals surface area contributed by atoms with Gasteiger partial charge in [-0.3, -0.25) is 0 Å². The van der Waals surface area contributed by atoms with E-state index in [2.05, 4.69) is 23.3 Å². The van der Waals surface area contributed by atoms with Crippen molar-refractivity contribution in [3.63, 3.8) is 0 Å². The van der Waals surface area contributed by atoms with E-state index in [0.717, 1.165) is 37.9 Å². The molecule has 0 N–H and O–H groups in total. The Kier molecular flexibility index (Phi) is 4.37. The number of rotatable bonds is 4. The van der Waals surface area contributed by atoms with E-state index < -0.39 is 0 Å². The van der Waals surface area contributed by atoms with Crippen LogP contribution in [0.5, 0.6) is 0 Å². The lowest BCUT2D eigenvalue weighted by Crippen LogP contribution is -2.03. The van der Waals surface area contributed by atoms with E-state index in [1.165, 1.54) is 11.3 Å². The first-order valence-corrected chi connectivity index (χ1v) is 10.2. The zero-order chi connectivity index (χ0) is 19.8. The van der Waals surface area contributed by atoms with Gasteiger partial charge in [0.05, 0.1) is 11.4 Å². The van der Waals surface area contributed by atoms with Crippen LogP contribution >= 0.6 is 11.3 Å². The Morgan fingerprint density at radius 1 is 0.966 bits per heavy atom. The van der Waals surface area contributed by atoms with Gasteiger partial charge in [-0.15, -0.1) is 11.3 Å². The van der Waals surface area contributed by atoms with Gasteiger partial charge in [-0.05, 0) is 41.5 Å². The highest BCUT2D eigenvalue weighted by Gasteiger charge is 2.18.